The van der Waals surface area contributed by atoms with Crippen LogP contribution in [0.25, 0.3) is 0 Å². The van der Waals surface area contributed by atoms with Gasteiger partial charge in [-0.2, -0.15) is 0 Å². The summed E-state index contributed by atoms with van der Waals surface area (Å²) in [5.74, 6) is 2.16. The maximum atomic E-state index is 5.94. The Hall–Kier alpha value is -0.890. The van der Waals surface area contributed by atoms with Gasteiger partial charge in [-0.05, 0) is 55.2 Å². The third-order valence-electron chi connectivity index (χ3n) is 4.31. The van der Waals surface area contributed by atoms with Gasteiger partial charge in [-0.3, -0.25) is 4.98 Å². The van der Waals surface area contributed by atoms with Crippen LogP contribution in [0.1, 0.15) is 49.7 Å². The van der Waals surface area contributed by atoms with Crippen LogP contribution >= 0.6 is 0 Å². The van der Waals surface area contributed by atoms with Crippen LogP contribution in [0, 0.1) is 18.8 Å². The first kappa shape index (κ1) is 12.6. The summed E-state index contributed by atoms with van der Waals surface area (Å²) in [5.41, 5.74) is 8.60. The number of aromatic nitrogens is 1. The van der Waals surface area contributed by atoms with Gasteiger partial charge in [-0.25, -0.2) is 0 Å². The van der Waals surface area contributed by atoms with Crippen molar-refractivity contribution in [2.24, 2.45) is 17.6 Å². The highest BCUT2D eigenvalue weighted by molar-refractivity contribution is 5.22. The normalized spacial score (nSPS) is 29.2. The average molecular weight is 232 g/mol. The van der Waals surface area contributed by atoms with Gasteiger partial charge in [0.2, 0.25) is 0 Å². The minimum atomic E-state index is 0.631. The Labute approximate surface area is 105 Å². The van der Waals surface area contributed by atoms with E-state index in [1.54, 1.807) is 0 Å². The van der Waals surface area contributed by atoms with Crippen LogP contribution in [0.4, 0.5) is 0 Å². The zero-order valence-electron chi connectivity index (χ0n) is 11.0. The third-order valence-corrected chi connectivity index (χ3v) is 4.31. The molecule has 2 nitrogen and oxygen atoms in total. The number of hydrogen-bond acceptors (Lipinski definition) is 2. The molecule has 1 fully saturated rings. The van der Waals surface area contributed by atoms with E-state index in [-0.39, 0.29) is 0 Å². The molecule has 0 amide bonds. The molecule has 0 saturated heterocycles. The number of hydrogen-bond donors (Lipinski definition) is 1. The lowest BCUT2D eigenvalue weighted by molar-refractivity contribution is 0.235. The Morgan fingerprint density at radius 3 is 2.82 bits per heavy atom. The molecule has 0 radical (unpaired) electrons. The van der Waals surface area contributed by atoms with Crippen LogP contribution in [0.5, 0.6) is 0 Å². The second-order valence-corrected chi connectivity index (χ2v) is 5.49. The monoisotopic (exact) mass is 232 g/mol. The van der Waals surface area contributed by atoms with Crippen LogP contribution in [0.3, 0.4) is 0 Å². The molecule has 1 saturated carbocycles. The van der Waals surface area contributed by atoms with Crippen LogP contribution in [0.2, 0.25) is 0 Å². The standard InChI is InChI=1S/C15H24N2/c1-3-12-4-5-13(8-16)15(7-12)14-6-11(2)9-17-10-14/h6,9-10,12-13,15H,3-5,7-8,16H2,1-2H3. The van der Waals surface area contributed by atoms with Crippen molar-refractivity contribution in [2.45, 2.75) is 45.4 Å². The number of aryl methyl sites for hydroxylation is 1. The predicted octanol–water partition coefficient (Wildman–Crippen LogP) is 3.26. The summed E-state index contributed by atoms with van der Waals surface area (Å²) >= 11 is 0. The van der Waals surface area contributed by atoms with Crippen molar-refractivity contribution in [1.82, 2.24) is 4.98 Å². The quantitative estimate of drug-likeness (QED) is 0.868. The molecule has 3 unspecified atom stereocenters. The van der Waals surface area contributed by atoms with Crippen LogP contribution in [0.15, 0.2) is 18.5 Å². The molecule has 0 spiro atoms. The van der Waals surface area contributed by atoms with E-state index >= 15 is 0 Å². The van der Waals surface area contributed by atoms with Crippen molar-refractivity contribution >= 4 is 0 Å². The highest BCUT2D eigenvalue weighted by Gasteiger charge is 2.30. The highest BCUT2D eigenvalue weighted by atomic mass is 14.6. The summed E-state index contributed by atoms with van der Waals surface area (Å²) in [6.45, 7) is 5.24. The van der Waals surface area contributed by atoms with Crippen molar-refractivity contribution in [2.75, 3.05) is 6.54 Å². The van der Waals surface area contributed by atoms with Crippen molar-refractivity contribution in [3.63, 3.8) is 0 Å². The van der Waals surface area contributed by atoms with Gasteiger partial charge in [-0.15, -0.1) is 0 Å². The lowest BCUT2D eigenvalue weighted by Gasteiger charge is -2.35. The van der Waals surface area contributed by atoms with E-state index in [9.17, 15) is 0 Å². The van der Waals surface area contributed by atoms with Gasteiger partial charge in [0.1, 0.15) is 0 Å². The molecular formula is C15H24N2. The molecule has 2 heteroatoms. The summed E-state index contributed by atoms with van der Waals surface area (Å²) in [6.07, 6.45) is 9.21. The summed E-state index contributed by atoms with van der Waals surface area (Å²) in [4.78, 5) is 4.34. The number of nitrogens with two attached hydrogens (primary N) is 1. The van der Waals surface area contributed by atoms with E-state index in [0.717, 1.165) is 12.5 Å². The fourth-order valence-corrected chi connectivity index (χ4v) is 3.16. The van der Waals surface area contributed by atoms with Gasteiger partial charge >= 0.3 is 0 Å². The number of rotatable bonds is 3. The average Bonchev–Trinajstić information content (AvgIpc) is 2.38. The minimum absolute atomic E-state index is 0.631. The van der Waals surface area contributed by atoms with E-state index in [2.05, 4.69) is 24.9 Å². The van der Waals surface area contributed by atoms with Crippen LogP contribution in [-0.4, -0.2) is 11.5 Å². The Morgan fingerprint density at radius 1 is 1.35 bits per heavy atom. The lowest BCUT2D eigenvalue weighted by atomic mass is 9.70. The summed E-state index contributed by atoms with van der Waals surface area (Å²) in [6, 6.07) is 2.29. The molecular weight excluding hydrogens is 208 g/mol. The molecule has 3 atom stereocenters. The molecule has 94 valence electrons. The molecule has 0 bridgehead atoms. The van der Waals surface area contributed by atoms with Crippen molar-refractivity contribution in [3.05, 3.63) is 29.6 Å². The first-order valence-electron chi connectivity index (χ1n) is 6.86. The van der Waals surface area contributed by atoms with E-state index < -0.39 is 0 Å². The van der Waals surface area contributed by atoms with Gasteiger partial charge in [0.05, 0.1) is 0 Å². The highest BCUT2D eigenvalue weighted by Crippen LogP contribution is 2.41. The van der Waals surface area contributed by atoms with E-state index in [1.165, 1.54) is 36.8 Å². The second-order valence-electron chi connectivity index (χ2n) is 5.49. The zero-order valence-corrected chi connectivity index (χ0v) is 11.0. The lowest BCUT2D eigenvalue weighted by Crippen LogP contribution is -2.29. The van der Waals surface area contributed by atoms with Crippen molar-refractivity contribution < 1.29 is 0 Å². The van der Waals surface area contributed by atoms with Gasteiger partial charge in [0, 0.05) is 12.4 Å². The molecule has 1 aliphatic rings. The molecule has 1 aliphatic carbocycles. The first-order chi connectivity index (χ1) is 8.24. The number of nitrogens with zero attached hydrogens (tertiary/aromatic N) is 1. The van der Waals surface area contributed by atoms with E-state index in [4.69, 9.17) is 5.73 Å². The number of pyridine rings is 1. The minimum Gasteiger partial charge on any atom is -0.330 e. The molecule has 1 aromatic heterocycles. The molecule has 0 aromatic carbocycles. The fourth-order valence-electron chi connectivity index (χ4n) is 3.16. The largest absolute Gasteiger partial charge is 0.330 e. The van der Waals surface area contributed by atoms with Gasteiger partial charge < -0.3 is 5.73 Å². The predicted molar refractivity (Wildman–Crippen MR) is 71.9 cm³/mol. The van der Waals surface area contributed by atoms with Crippen molar-refractivity contribution in [1.29, 1.82) is 0 Å². The summed E-state index contributed by atoms with van der Waals surface area (Å²) < 4.78 is 0. The Balaban J connectivity index is 2.20. The first-order valence-corrected chi connectivity index (χ1v) is 6.86. The van der Waals surface area contributed by atoms with E-state index in [0.29, 0.717) is 11.8 Å². The topological polar surface area (TPSA) is 38.9 Å². The van der Waals surface area contributed by atoms with E-state index in [1.807, 2.05) is 12.4 Å². The maximum absolute atomic E-state index is 5.94. The maximum Gasteiger partial charge on any atom is 0.0303 e. The smallest absolute Gasteiger partial charge is 0.0303 e. The third kappa shape index (κ3) is 2.86. The second kappa shape index (κ2) is 5.63. The molecule has 2 N–H and O–H groups in total. The molecule has 17 heavy (non-hydrogen) atoms. The Kier molecular flexibility index (Phi) is 4.16. The zero-order chi connectivity index (χ0) is 12.3. The molecule has 1 aromatic rings. The Morgan fingerprint density at radius 2 is 2.18 bits per heavy atom. The van der Waals surface area contributed by atoms with Crippen molar-refractivity contribution in [3.8, 4) is 0 Å². The Bertz CT molecular complexity index is 362. The summed E-state index contributed by atoms with van der Waals surface area (Å²) in [5, 5.41) is 0. The fraction of sp³-hybridized carbons (Fsp3) is 0.667. The van der Waals surface area contributed by atoms with Gasteiger partial charge in [0.15, 0.2) is 0 Å². The van der Waals surface area contributed by atoms with Crippen LogP contribution < -0.4 is 5.73 Å². The molecule has 1 heterocycles. The summed E-state index contributed by atoms with van der Waals surface area (Å²) in [7, 11) is 0. The molecule has 2 rings (SSSR count). The van der Waals surface area contributed by atoms with Crippen LogP contribution in [-0.2, 0) is 0 Å². The van der Waals surface area contributed by atoms with Gasteiger partial charge in [0.25, 0.3) is 0 Å². The SMILES string of the molecule is CCC1CCC(CN)C(c2cncc(C)c2)C1. The molecule has 0 aliphatic heterocycles. The van der Waals surface area contributed by atoms with Gasteiger partial charge in [-0.1, -0.05) is 25.8 Å².